The second-order valence-corrected chi connectivity index (χ2v) is 6.27. The largest absolute Gasteiger partial charge is 0.333 e. The fraction of sp³-hybridized carbons (Fsp3) is 0.500. The minimum Gasteiger partial charge on any atom is -0.333 e. The smallest absolute Gasteiger partial charge is 0.262 e. The lowest BCUT2D eigenvalue weighted by atomic mass is 9.89. The maximum Gasteiger partial charge on any atom is 0.262 e. The summed E-state index contributed by atoms with van der Waals surface area (Å²) in [6.07, 6.45) is 1.32. The zero-order valence-electron chi connectivity index (χ0n) is 10.1. The van der Waals surface area contributed by atoms with Gasteiger partial charge in [0, 0.05) is 13.1 Å². The molecule has 1 fully saturated rings. The number of carbonyl (C=O) groups is 1. The van der Waals surface area contributed by atoms with Crippen LogP contribution in [0.4, 0.5) is 0 Å². The zero-order valence-corrected chi connectivity index (χ0v) is 11.6. The van der Waals surface area contributed by atoms with Crippen molar-refractivity contribution in [3.05, 3.63) is 21.3 Å². The van der Waals surface area contributed by atoms with Gasteiger partial charge in [0.2, 0.25) is 0 Å². The molecule has 0 aromatic carbocycles. The van der Waals surface area contributed by atoms with E-state index in [9.17, 15) is 10.1 Å². The molecule has 6 heteroatoms. The number of hydrogen-bond acceptors (Lipinski definition) is 4. The van der Waals surface area contributed by atoms with E-state index in [-0.39, 0.29) is 5.91 Å². The van der Waals surface area contributed by atoms with Crippen molar-refractivity contribution >= 4 is 28.8 Å². The van der Waals surface area contributed by atoms with Crippen LogP contribution < -0.4 is 5.32 Å². The molecule has 1 aromatic heterocycles. The molecule has 1 aliphatic rings. The normalized spacial score (nSPS) is 19.2. The Hall–Kier alpha value is -1.09. The number of hydrogen-bond donors (Lipinski definition) is 1. The highest BCUT2D eigenvalue weighted by Gasteiger charge is 2.35. The molecule has 0 aliphatic carbocycles. The number of rotatable bonds is 2. The van der Waals surface area contributed by atoms with Gasteiger partial charge in [-0.2, -0.15) is 5.26 Å². The van der Waals surface area contributed by atoms with Crippen molar-refractivity contribution in [3.8, 4) is 6.07 Å². The number of thiophene rings is 1. The fourth-order valence-electron chi connectivity index (χ4n) is 1.98. The topological polar surface area (TPSA) is 56.1 Å². The molecule has 1 aromatic rings. The second-order valence-electron chi connectivity index (χ2n) is 4.56. The average Bonchev–Trinajstić information content (AvgIpc) is 2.79. The number of nitrogens with one attached hydrogen (secondary N) is 1. The molecule has 1 saturated heterocycles. The lowest BCUT2D eigenvalue weighted by Gasteiger charge is -2.35. The molecular formula is C12H14ClN3OS. The molecule has 0 radical (unpaired) electrons. The Morgan fingerprint density at radius 2 is 2.22 bits per heavy atom. The predicted molar refractivity (Wildman–Crippen MR) is 71.9 cm³/mol. The summed E-state index contributed by atoms with van der Waals surface area (Å²) in [5.74, 6) is -0.210. The molecule has 0 saturated carbocycles. The molecule has 0 atom stereocenters. The first-order valence-electron chi connectivity index (χ1n) is 5.72. The third-order valence-corrected chi connectivity index (χ3v) is 4.43. The van der Waals surface area contributed by atoms with Crippen LogP contribution in [0.15, 0.2) is 12.1 Å². The monoisotopic (exact) mass is 283 g/mol. The van der Waals surface area contributed by atoms with Crippen LogP contribution in [0.1, 0.15) is 22.5 Å². The predicted octanol–water partition coefficient (Wildman–Crippen LogP) is 2.12. The molecular weight excluding hydrogens is 270 g/mol. The van der Waals surface area contributed by atoms with E-state index in [1.165, 1.54) is 11.3 Å². The third-order valence-electron chi connectivity index (χ3n) is 3.20. The van der Waals surface area contributed by atoms with Crippen LogP contribution in [0.25, 0.3) is 0 Å². The number of halogens is 1. The van der Waals surface area contributed by atoms with Crippen molar-refractivity contribution in [1.82, 2.24) is 10.2 Å². The Balaban J connectivity index is 2.07. The summed E-state index contributed by atoms with van der Waals surface area (Å²) in [4.78, 5) is 14.8. The third kappa shape index (κ3) is 2.83. The first-order valence-corrected chi connectivity index (χ1v) is 6.92. The SMILES string of the molecule is CN1CCC(C#N)(NC(=O)c2ccc(Cl)s2)CC1. The van der Waals surface area contributed by atoms with E-state index < -0.39 is 5.54 Å². The van der Waals surface area contributed by atoms with E-state index in [0.29, 0.717) is 22.1 Å². The molecule has 0 unspecified atom stereocenters. The molecule has 0 bridgehead atoms. The quantitative estimate of drug-likeness (QED) is 0.904. The Bertz CT molecular complexity index is 486. The minimum atomic E-state index is -0.736. The minimum absolute atomic E-state index is 0.210. The number of nitriles is 1. The van der Waals surface area contributed by atoms with E-state index in [1.54, 1.807) is 12.1 Å². The van der Waals surface area contributed by atoms with Crippen LogP contribution in [-0.4, -0.2) is 36.5 Å². The number of nitrogens with zero attached hydrogens (tertiary/aromatic N) is 2. The molecule has 1 amide bonds. The summed E-state index contributed by atoms with van der Waals surface area (Å²) in [5, 5.41) is 12.2. The van der Waals surface area contributed by atoms with Gasteiger partial charge in [-0.3, -0.25) is 4.79 Å². The summed E-state index contributed by atoms with van der Waals surface area (Å²) >= 11 is 7.03. The van der Waals surface area contributed by atoms with Crippen molar-refractivity contribution in [2.24, 2.45) is 0 Å². The zero-order chi connectivity index (χ0) is 13.2. The van der Waals surface area contributed by atoms with Crippen LogP contribution in [0.3, 0.4) is 0 Å². The van der Waals surface area contributed by atoms with E-state index in [1.807, 2.05) is 7.05 Å². The first-order chi connectivity index (χ1) is 8.54. The van der Waals surface area contributed by atoms with Gasteiger partial charge in [-0.05, 0) is 32.0 Å². The summed E-state index contributed by atoms with van der Waals surface area (Å²) in [5.41, 5.74) is -0.736. The Kier molecular flexibility index (Phi) is 3.91. The van der Waals surface area contributed by atoms with Crippen LogP contribution >= 0.6 is 22.9 Å². The van der Waals surface area contributed by atoms with Crippen molar-refractivity contribution in [1.29, 1.82) is 5.26 Å². The van der Waals surface area contributed by atoms with Crippen LogP contribution in [0, 0.1) is 11.3 Å². The van der Waals surface area contributed by atoms with Crippen LogP contribution in [0.2, 0.25) is 4.34 Å². The summed E-state index contributed by atoms with van der Waals surface area (Å²) in [6, 6.07) is 5.63. The van der Waals surface area contributed by atoms with E-state index in [2.05, 4.69) is 16.3 Å². The average molecular weight is 284 g/mol. The lowest BCUT2D eigenvalue weighted by Crippen LogP contribution is -2.53. The van der Waals surface area contributed by atoms with E-state index in [4.69, 9.17) is 11.6 Å². The van der Waals surface area contributed by atoms with Gasteiger partial charge in [0.25, 0.3) is 5.91 Å². The van der Waals surface area contributed by atoms with Crippen molar-refractivity contribution in [3.63, 3.8) is 0 Å². The highest BCUT2D eigenvalue weighted by atomic mass is 35.5. The number of piperidine rings is 1. The van der Waals surface area contributed by atoms with Gasteiger partial charge in [0.15, 0.2) is 0 Å². The van der Waals surface area contributed by atoms with Crippen molar-refractivity contribution in [2.45, 2.75) is 18.4 Å². The Morgan fingerprint density at radius 3 is 2.72 bits per heavy atom. The molecule has 18 heavy (non-hydrogen) atoms. The summed E-state index contributed by atoms with van der Waals surface area (Å²) in [7, 11) is 2.02. The fourth-order valence-corrected chi connectivity index (χ4v) is 2.92. The van der Waals surface area contributed by atoms with Gasteiger partial charge < -0.3 is 10.2 Å². The van der Waals surface area contributed by atoms with Crippen LogP contribution in [-0.2, 0) is 0 Å². The summed E-state index contributed by atoms with van der Waals surface area (Å²) in [6.45, 7) is 1.64. The Morgan fingerprint density at radius 1 is 1.56 bits per heavy atom. The number of carbonyl (C=O) groups excluding carboxylic acids is 1. The highest BCUT2D eigenvalue weighted by Crippen LogP contribution is 2.24. The molecule has 2 rings (SSSR count). The number of likely N-dealkylation sites (tertiary alicyclic amines) is 1. The standard InChI is InChI=1S/C12H14ClN3OS/c1-16-6-4-12(8-14,5-7-16)15-11(17)9-2-3-10(13)18-9/h2-3H,4-7H2,1H3,(H,15,17). The molecule has 2 heterocycles. The van der Waals surface area contributed by atoms with Gasteiger partial charge in [0.05, 0.1) is 15.3 Å². The van der Waals surface area contributed by atoms with E-state index in [0.717, 1.165) is 13.1 Å². The van der Waals surface area contributed by atoms with E-state index >= 15 is 0 Å². The maximum absolute atomic E-state index is 12.0. The molecule has 4 nitrogen and oxygen atoms in total. The number of amides is 1. The molecule has 1 N–H and O–H groups in total. The lowest BCUT2D eigenvalue weighted by molar-refractivity contribution is 0.0886. The Labute approximate surface area is 115 Å². The molecule has 96 valence electrons. The van der Waals surface area contributed by atoms with Gasteiger partial charge in [-0.1, -0.05) is 11.6 Å². The van der Waals surface area contributed by atoms with Crippen molar-refractivity contribution < 1.29 is 4.79 Å². The first kappa shape index (κ1) is 13.3. The van der Waals surface area contributed by atoms with Crippen LogP contribution in [0.5, 0.6) is 0 Å². The van der Waals surface area contributed by atoms with Crippen molar-refractivity contribution in [2.75, 3.05) is 20.1 Å². The molecule has 0 spiro atoms. The van der Waals surface area contributed by atoms with Gasteiger partial charge in [0.1, 0.15) is 5.54 Å². The maximum atomic E-state index is 12.0. The van der Waals surface area contributed by atoms with Gasteiger partial charge in [-0.25, -0.2) is 0 Å². The molecule has 1 aliphatic heterocycles. The summed E-state index contributed by atoms with van der Waals surface area (Å²) < 4.78 is 0.578. The van der Waals surface area contributed by atoms with Gasteiger partial charge in [-0.15, -0.1) is 11.3 Å². The second kappa shape index (κ2) is 5.27. The van der Waals surface area contributed by atoms with Gasteiger partial charge >= 0.3 is 0 Å². The highest BCUT2D eigenvalue weighted by molar-refractivity contribution is 7.18.